The van der Waals surface area contributed by atoms with E-state index < -0.39 is 0 Å². The molecule has 1 aromatic rings. The fourth-order valence-corrected chi connectivity index (χ4v) is 1.16. The molecular formula is C9H16N4. The van der Waals surface area contributed by atoms with Crippen molar-refractivity contribution in [3.63, 3.8) is 0 Å². The van der Waals surface area contributed by atoms with E-state index in [9.17, 15) is 0 Å². The molecule has 0 aliphatic heterocycles. The molecule has 0 bridgehead atoms. The SMILES string of the molecule is CNCc1cncnc1CN(C)C. The Morgan fingerprint density at radius 1 is 1.46 bits per heavy atom. The summed E-state index contributed by atoms with van der Waals surface area (Å²) in [5, 5.41) is 3.10. The van der Waals surface area contributed by atoms with Crippen LogP contribution in [0.4, 0.5) is 0 Å². The molecule has 0 radical (unpaired) electrons. The van der Waals surface area contributed by atoms with E-state index >= 15 is 0 Å². The number of hydrogen-bond donors (Lipinski definition) is 1. The third kappa shape index (κ3) is 3.08. The van der Waals surface area contributed by atoms with Crippen LogP contribution in [0.3, 0.4) is 0 Å². The molecule has 0 amide bonds. The summed E-state index contributed by atoms with van der Waals surface area (Å²) in [5.41, 5.74) is 2.26. The summed E-state index contributed by atoms with van der Waals surface area (Å²) in [6.07, 6.45) is 3.46. The number of aromatic nitrogens is 2. The van der Waals surface area contributed by atoms with Gasteiger partial charge in [0.25, 0.3) is 0 Å². The number of rotatable bonds is 4. The maximum absolute atomic E-state index is 4.24. The topological polar surface area (TPSA) is 41.1 Å². The Morgan fingerprint density at radius 3 is 2.85 bits per heavy atom. The Balaban J connectivity index is 2.78. The lowest BCUT2D eigenvalue weighted by Gasteiger charge is -2.11. The summed E-state index contributed by atoms with van der Waals surface area (Å²) in [6, 6.07) is 0. The molecule has 0 aliphatic rings. The molecule has 4 heteroatoms. The molecule has 13 heavy (non-hydrogen) atoms. The van der Waals surface area contributed by atoms with Gasteiger partial charge in [-0.25, -0.2) is 9.97 Å². The van der Waals surface area contributed by atoms with Crippen molar-refractivity contribution in [2.24, 2.45) is 0 Å². The second-order valence-electron chi connectivity index (χ2n) is 3.26. The Kier molecular flexibility index (Phi) is 3.79. The minimum Gasteiger partial charge on any atom is -0.316 e. The smallest absolute Gasteiger partial charge is 0.115 e. The largest absolute Gasteiger partial charge is 0.316 e. The molecule has 0 unspecified atom stereocenters. The average Bonchev–Trinajstić information content (AvgIpc) is 2.08. The molecule has 1 aromatic heterocycles. The molecule has 72 valence electrons. The van der Waals surface area contributed by atoms with Gasteiger partial charge in [-0.05, 0) is 21.1 Å². The molecule has 0 fully saturated rings. The zero-order valence-corrected chi connectivity index (χ0v) is 8.41. The van der Waals surface area contributed by atoms with Crippen LogP contribution in [-0.2, 0) is 13.1 Å². The third-order valence-corrected chi connectivity index (χ3v) is 1.71. The normalized spacial score (nSPS) is 10.8. The number of nitrogens with zero attached hydrogens (tertiary/aromatic N) is 3. The van der Waals surface area contributed by atoms with Crippen molar-refractivity contribution in [1.29, 1.82) is 0 Å². The van der Waals surface area contributed by atoms with Gasteiger partial charge in [0.2, 0.25) is 0 Å². The van der Waals surface area contributed by atoms with Crippen molar-refractivity contribution in [3.8, 4) is 0 Å². The van der Waals surface area contributed by atoms with Crippen molar-refractivity contribution in [2.75, 3.05) is 21.1 Å². The lowest BCUT2D eigenvalue weighted by molar-refractivity contribution is 0.394. The second kappa shape index (κ2) is 4.89. The van der Waals surface area contributed by atoms with E-state index in [0.717, 1.165) is 18.8 Å². The summed E-state index contributed by atoms with van der Waals surface area (Å²) in [6.45, 7) is 1.68. The van der Waals surface area contributed by atoms with Crippen LogP contribution in [0.5, 0.6) is 0 Å². The summed E-state index contributed by atoms with van der Waals surface area (Å²) >= 11 is 0. The summed E-state index contributed by atoms with van der Waals surface area (Å²) in [5.74, 6) is 0. The van der Waals surface area contributed by atoms with E-state index in [1.807, 2.05) is 27.3 Å². The van der Waals surface area contributed by atoms with Crippen molar-refractivity contribution >= 4 is 0 Å². The quantitative estimate of drug-likeness (QED) is 0.721. The maximum atomic E-state index is 4.24. The molecule has 0 saturated heterocycles. The van der Waals surface area contributed by atoms with Crippen LogP contribution < -0.4 is 5.32 Å². The summed E-state index contributed by atoms with van der Waals surface area (Å²) < 4.78 is 0. The van der Waals surface area contributed by atoms with E-state index in [1.165, 1.54) is 5.56 Å². The molecule has 0 aromatic carbocycles. The third-order valence-electron chi connectivity index (χ3n) is 1.71. The average molecular weight is 180 g/mol. The fourth-order valence-electron chi connectivity index (χ4n) is 1.16. The van der Waals surface area contributed by atoms with Crippen LogP contribution in [0, 0.1) is 0 Å². The molecular weight excluding hydrogens is 164 g/mol. The Hall–Kier alpha value is -1.00. The molecule has 1 N–H and O–H groups in total. The highest BCUT2D eigenvalue weighted by Gasteiger charge is 2.03. The van der Waals surface area contributed by atoms with Gasteiger partial charge in [-0.2, -0.15) is 0 Å². The van der Waals surface area contributed by atoms with E-state index in [2.05, 4.69) is 20.2 Å². The lowest BCUT2D eigenvalue weighted by Crippen LogP contribution is -2.16. The first kappa shape index (κ1) is 10.1. The summed E-state index contributed by atoms with van der Waals surface area (Å²) in [4.78, 5) is 10.3. The monoisotopic (exact) mass is 180 g/mol. The van der Waals surface area contributed by atoms with Crippen molar-refractivity contribution in [3.05, 3.63) is 23.8 Å². The molecule has 0 spiro atoms. The van der Waals surface area contributed by atoms with E-state index in [1.54, 1.807) is 6.33 Å². The second-order valence-corrected chi connectivity index (χ2v) is 3.26. The van der Waals surface area contributed by atoms with E-state index in [-0.39, 0.29) is 0 Å². The fraction of sp³-hybridized carbons (Fsp3) is 0.556. The molecule has 0 aliphatic carbocycles. The Labute approximate surface area is 79.0 Å². The number of hydrogen-bond acceptors (Lipinski definition) is 4. The van der Waals surface area contributed by atoms with Crippen molar-refractivity contribution < 1.29 is 0 Å². The Bertz CT molecular complexity index is 260. The highest BCUT2D eigenvalue weighted by Crippen LogP contribution is 2.04. The first-order chi connectivity index (χ1) is 6.24. The van der Waals surface area contributed by atoms with Gasteiger partial charge in [0.15, 0.2) is 0 Å². The minimum atomic E-state index is 0.823. The molecule has 1 rings (SSSR count). The van der Waals surface area contributed by atoms with Gasteiger partial charge < -0.3 is 10.2 Å². The van der Waals surface area contributed by atoms with Gasteiger partial charge in [0, 0.05) is 24.8 Å². The summed E-state index contributed by atoms with van der Waals surface area (Å²) in [7, 11) is 5.99. The predicted octanol–water partition coefficient (Wildman–Crippen LogP) is 0.258. The van der Waals surface area contributed by atoms with Gasteiger partial charge >= 0.3 is 0 Å². The van der Waals surface area contributed by atoms with Crippen LogP contribution in [0.15, 0.2) is 12.5 Å². The maximum Gasteiger partial charge on any atom is 0.115 e. The van der Waals surface area contributed by atoms with Gasteiger partial charge in [0.05, 0.1) is 5.69 Å². The van der Waals surface area contributed by atoms with Gasteiger partial charge in [-0.3, -0.25) is 0 Å². The van der Waals surface area contributed by atoms with E-state index in [4.69, 9.17) is 0 Å². The zero-order chi connectivity index (χ0) is 9.68. The predicted molar refractivity (Wildman–Crippen MR) is 52.2 cm³/mol. The molecule has 0 atom stereocenters. The number of nitrogens with one attached hydrogen (secondary N) is 1. The van der Waals surface area contributed by atoms with Crippen LogP contribution in [0.1, 0.15) is 11.3 Å². The molecule has 0 saturated carbocycles. The zero-order valence-electron chi connectivity index (χ0n) is 8.41. The Morgan fingerprint density at radius 2 is 2.23 bits per heavy atom. The minimum absolute atomic E-state index is 0.823. The van der Waals surface area contributed by atoms with Gasteiger partial charge in [0.1, 0.15) is 6.33 Å². The standard InChI is InChI=1S/C9H16N4/c1-10-4-8-5-11-7-12-9(8)6-13(2)3/h5,7,10H,4,6H2,1-3H3. The van der Waals surface area contributed by atoms with Crippen LogP contribution in [0.25, 0.3) is 0 Å². The van der Waals surface area contributed by atoms with Crippen LogP contribution >= 0.6 is 0 Å². The van der Waals surface area contributed by atoms with Crippen molar-refractivity contribution in [1.82, 2.24) is 20.2 Å². The molecule has 1 heterocycles. The first-order valence-corrected chi connectivity index (χ1v) is 4.31. The van der Waals surface area contributed by atoms with Crippen molar-refractivity contribution in [2.45, 2.75) is 13.1 Å². The van der Waals surface area contributed by atoms with Crippen LogP contribution in [-0.4, -0.2) is 36.0 Å². The van der Waals surface area contributed by atoms with Gasteiger partial charge in [-0.1, -0.05) is 0 Å². The van der Waals surface area contributed by atoms with Crippen LogP contribution in [0.2, 0.25) is 0 Å². The van der Waals surface area contributed by atoms with E-state index in [0.29, 0.717) is 0 Å². The highest BCUT2D eigenvalue weighted by molar-refractivity contribution is 5.15. The lowest BCUT2D eigenvalue weighted by atomic mass is 10.2. The van der Waals surface area contributed by atoms with Gasteiger partial charge in [-0.15, -0.1) is 0 Å². The highest BCUT2D eigenvalue weighted by atomic mass is 15.1. The first-order valence-electron chi connectivity index (χ1n) is 4.31. The molecule has 4 nitrogen and oxygen atoms in total.